The van der Waals surface area contributed by atoms with Crippen molar-refractivity contribution in [1.82, 2.24) is 9.88 Å². The zero-order chi connectivity index (χ0) is 29.2. The number of phenols is 1. The van der Waals surface area contributed by atoms with E-state index in [0.717, 1.165) is 68.1 Å². The van der Waals surface area contributed by atoms with Gasteiger partial charge in [-0.25, -0.2) is 4.98 Å². The van der Waals surface area contributed by atoms with Crippen LogP contribution in [0.3, 0.4) is 0 Å². The van der Waals surface area contributed by atoms with Crippen molar-refractivity contribution in [2.75, 3.05) is 34.4 Å². The van der Waals surface area contributed by atoms with Crippen molar-refractivity contribution in [3.63, 3.8) is 0 Å². The van der Waals surface area contributed by atoms with Crippen molar-refractivity contribution in [3.05, 3.63) is 70.2 Å². The Kier molecular flexibility index (Phi) is 8.81. The lowest BCUT2D eigenvalue weighted by Crippen LogP contribution is -2.20. The monoisotopic (exact) mass is 560 g/mol. The smallest absolute Gasteiger partial charge is 0.126 e. The van der Waals surface area contributed by atoms with Crippen molar-refractivity contribution in [3.8, 4) is 28.4 Å². The first-order chi connectivity index (χ1) is 18.8. The molecule has 4 rings (SSSR count). The standard InChI is InChI=1S/C34H44N2O3S/c1-33(2,3)25-20-22(29(30(31(25)37)34(4,5)6)23-13-10-11-14-27(23)38-9)19-24-28(39-18-12-17-36(7)8)16-15-26-32(24)40-21-35-26/h10-11,13-16,20-21,37H,12,17-19H2,1-9H3. The number of thiazole rings is 1. The number of methoxy groups -OCH3 is 1. The molecule has 3 aromatic carbocycles. The number of hydrogen-bond acceptors (Lipinski definition) is 6. The number of phenolic OH excluding ortho intramolecular Hbond substituents is 1. The third-order valence-electron chi connectivity index (χ3n) is 7.25. The first-order valence-corrected chi connectivity index (χ1v) is 14.9. The summed E-state index contributed by atoms with van der Waals surface area (Å²) in [6, 6.07) is 14.4. The summed E-state index contributed by atoms with van der Waals surface area (Å²) in [5.74, 6) is 2.04. The number of aromatic hydroxyl groups is 1. The van der Waals surface area contributed by atoms with Crippen LogP contribution in [-0.4, -0.2) is 49.3 Å². The topological polar surface area (TPSA) is 54.8 Å². The Morgan fingerprint density at radius 1 is 0.950 bits per heavy atom. The van der Waals surface area contributed by atoms with Gasteiger partial charge in [0.1, 0.15) is 17.2 Å². The molecule has 0 aliphatic rings. The average molecular weight is 561 g/mol. The van der Waals surface area contributed by atoms with Crippen molar-refractivity contribution >= 4 is 21.6 Å². The van der Waals surface area contributed by atoms with Crippen molar-refractivity contribution in [2.45, 2.75) is 65.2 Å². The molecular weight excluding hydrogens is 516 g/mol. The SMILES string of the molecule is COc1ccccc1-c1c(Cc2c(OCCCN(C)C)ccc3ncsc23)cc(C(C)(C)C)c(O)c1C(C)(C)C. The third kappa shape index (κ3) is 6.29. The molecule has 0 bridgehead atoms. The van der Waals surface area contributed by atoms with Gasteiger partial charge in [-0.1, -0.05) is 65.8 Å². The van der Waals surface area contributed by atoms with Gasteiger partial charge in [0.15, 0.2) is 0 Å². The molecule has 0 aliphatic carbocycles. The molecule has 40 heavy (non-hydrogen) atoms. The predicted octanol–water partition coefficient (Wildman–Crippen LogP) is 8.19. The molecule has 0 atom stereocenters. The number of aromatic nitrogens is 1. The van der Waals surface area contributed by atoms with E-state index in [4.69, 9.17) is 9.47 Å². The average Bonchev–Trinajstić information content (AvgIpc) is 3.35. The fourth-order valence-electron chi connectivity index (χ4n) is 5.35. The molecule has 1 heterocycles. The fraction of sp³-hybridized carbons (Fsp3) is 0.441. The van der Waals surface area contributed by atoms with Crippen LogP contribution in [0.5, 0.6) is 17.2 Å². The molecule has 0 saturated carbocycles. The number of para-hydroxylation sites is 1. The summed E-state index contributed by atoms with van der Waals surface area (Å²) in [5, 5.41) is 11.9. The summed E-state index contributed by atoms with van der Waals surface area (Å²) in [6.45, 7) is 14.6. The van der Waals surface area contributed by atoms with Crippen LogP contribution in [0.25, 0.3) is 21.3 Å². The number of ether oxygens (including phenoxy) is 2. The molecule has 0 radical (unpaired) electrons. The van der Waals surface area contributed by atoms with Gasteiger partial charge in [-0.3, -0.25) is 0 Å². The van der Waals surface area contributed by atoms with E-state index in [9.17, 15) is 5.11 Å². The van der Waals surface area contributed by atoms with Crippen LogP contribution in [0.4, 0.5) is 0 Å². The Hall–Kier alpha value is -3.09. The van der Waals surface area contributed by atoms with Gasteiger partial charge in [0, 0.05) is 29.7 Å². The second-order valence-electron chi connectivity index (χ2n) is 12.8. The number of nitrogens with zero attached hydrogens (tertiary/aromatic N) is 2. The largest absolute Gasteiger partial charge is 0.507 e. The quantitative estimate of drug-likeness (QED) is 0.209. The minimum absolute atomic E-state index is 0.250. The molecule has 214 valence electrons. The number of rotatable bonds is 9. The maximum absolute atomic E-state index is 11.9. The van der Waals surface area contributed by atoms with E-state index < -0.39 is 0 Å². The van der Waals surface area contributed by atoms with Crippen LogP contribution in [0.2, 0.25) is 0 Å². The molecule has 0 spiro atoms. The number of fused-ring (bicyclic) bond motifs is 1. The van der Waals surface area contributed by atoms with Gasteiger partial charge in [0.2, 0.25) is 0 Å². The zero-order valence-corrected chi connectivity index (χ0v) is 26.3. The van der Waals surface area contributed by atoms with Crippen LogP contribution in [-0.2, 0) is 17.3 Å². The summed E-state index contributed by atoms with van der Waals surface area (Å²) in [6.07, 6.45) is 1.59. The van der Waals surface area contributed by atoms with Crippen LogP contribution in [0, 0.1) is 0 Å². The van der Waals surface area contributed by atoms with E-state index in [0.29, 0.717) is 18.8 Å². The zero-order valence-electron chi connectivity index (χ0n) is 25.5. The van der Waals surface area contributed by atoms with Gasteiger partial charge in [-0.05, 0) is 66.2 Å². The first kappa shape index (κ1) is 29.9. The Labute approximate surface area is 243 Å². The van der Waals surface area contributed by atoms with Gasteiger partial charge < -0.3 is 19.5 Å². The Balaban J connectivity index is 1.99. The van der Waals surface area contributed by atoms with Crippen LogP contribution >= 0.6 is 11.3 Å². The van der Waals surface area contributed by atoms with Gasteiger partial charge in [0.25, 0.3) is 0 Å². The molecule has 0 amide bonds. The van der Waals surface area contributed by atoms with Gasteiger partial charge in [-0.2, -0.15) is 0 Å². The molecule has 1 aromatic heterocycles. The number of hydrogen-bond donors (Lipinski definition) is 1. The maximum Gasteiger partial charge on any atom is 0.126 e. The van der Waals surface area contributed by atoms with Gasteiger partial charge in [0.05, 0.1) is 29.4 Å². The van der Waals surface area contributed by atoms with Crippen LogP contribution in [0.1, 0.15) is 70.2 Å². The highest BCUT2D eigenvalue weighted by molar-refractivity contribution is 7.17. The molecule has 5 nitrogen and oxygen atoms in total. The van der Waals surface area contributed by atoms with E-state index in [2.05, 4.69) is 89.8 Å². The number of benzene rings is 3. The summed E-state index contributed by atoms with van der Waals surface area (Å²) in [5.41, 5.74) is 8.45. The van der Waals surface area contributed by atoms with E-state index in [1.807, 2.05) is 23.7 Å². The molecule has 4 aromatic rings. The molecule has 6 heteroatoms. The highest BCUT2D eigenvalue weighted by Gasteiger charge is 2.32. The van der Waals surface area contributed by atoms with Crippen LogP contribution in [0.15, 0.2) is 48.0 Å². The Morgan fingerprint density at radius 3 is 2.33 bits per heavy atom. The van der Waals surface area contributed by atoms with E-state index >= 15 is 0 Å². The minimum atomic E-state index is -0.321. The highest BCUT2D eigenvalue weighted by atomic mass is 32.1. The predicted molar refractivity (Wildman–Crippen MR) is 169 cm³/mol. The minimum Gasteiger partial charge on any atom is -0.507 e. The van der Waals surface area contributed by atoms with Crippen molar-refractivity contribution in [2.24, 2.45) is 0 Å². The lowest BCUT2D eigenvalue weighted by Gasteiger charge is -2.32. The summed E-state index contributed by atoms with van der Waals surface area (Å²) in [7, 11) is 5.87. The molecule has 0 unspecified atom stereocenters. The molecule has 0 saturated heterocycles. The Bertz CT molecular complexity index is 1480. The highest BCUT2D eigenvalue weighted by Crippen LogP contribution is 2.49. The molecular formula is C34H44N2O3S. The lowest BCUT2D eigenvalue weighted by atomic mass is 9.73. The maximum atomic E-state index is 11.9. The van der Waals surface area contributed by atoms with Gasteiger partial charge in [-0.15, -0.1) is 11.3 Å². The molecule has 0 aliphatic heterocycles. The first-order valence-electron chi connectivity index (χ1n) is 14.0. The normalized spacial score (nSPS) is 12.3. The second kappa shape index (κ2) is 11.8. The summed E-state index contributed by atoms with van der Waals surface area (Å²) < 4.78 is 13.4. The third-order valence-corrected chi connectivity index (χ3v) is 8.15. The van der Waals surface area contributed by atoms with E-state index in [1.54, 1.807) is 18.4 Å². The van der Waals surface area contributed by atoms with Crippen molar-refractivity contribution < 1.29 is 14.6 Å². The Morgan fingerprint density at radius 2 is 1.68 bits per heavy atom. The van der Waals surface area contributed by atoms with E-state index in [-0.39, 0.29) is 10.8 Å². The summed E-state index contributed by atoms with van der Waals surface area (Å²) >= 11 is 1.65. The lowest BCUT2D eigenvalue weighted by molar-refractivity contribution is 0.280. The molecule has 0 fully saturated rings. The van der Waals surface area contributed by atoms with E-state index in [1.165, 1.54) is 0 Å². The fourth-order valence-corrected chi connectivity index (χ4v) is 6.18. The van der Waals surface area contributed by atoms with Gasteiger partial charge >= 0.3 is 0 Å². The van der Waals surface area contributed by atoms with Crippen LogP contribution < -0.4 is 9.47 Å². The summed E-state index contributed by atoms with van der Waals surface area (Å²) in [4.78, 5) is 6.79. The molecule has 1 N–H and O–H groups in total. The van der Waals surface area contributed by atoms with Crippen molar-refractivity contribution in [1.29, 1.82) is 0 Å². The second-order valence-corrected chi connectivity index (χ2v) is 13.7.